The highest BCUT2D eigenvalue weighted by molar-refractivity contribution is 7.86. The van der Waals surface area contributed by atoms with Crippen LogP contribution in [0.5, 0.6) is 0 Å². The standard InChI is InChI=1S/C17H30O4S.C4H4S/c18-17(15-9-6-7-10-15)13-5-2-8-14-22(19,20)21-16-11-3-1-4-12-16;1-2-4-5-3-1/h15-16H,1-14H2;1-4H. The Bertz CT molecular complexity index is 581. The number of thiophene rings is 1. The van der Waals surface area contributed by atoms with Crippen molar-refractivity contribution in [1.82, 2.24) is 0 Å². The molecule has 154 valence electrons. The molecule has 0 atom stereocenters. The van der Waals surface area contributed by atoms with Crippen molar-refractivity contribution in [2.24, 2.45) is 5.92 Å². The van der Waals surface area contributed by atoms with Gasteiger partial charge < -0.3 is 0 Å². The van der Waals surface area contributed by atoms with E-state index in [9.17, 15) is 13.2 Å². The molecule has 4 nitrogen and oxygen atoms in total. The summed E-state index contributed by atoms with van der Waals surface area (Å²) in [5.41, 5.74) is 0. The average molecular weight is 415 g/mol. The molecule has 1 heterocycles. The fourth-order valence-corrected chi connectivity index (χ4v) is 5.57. The Morgan fingerprint density at radius 1 is 0.889 bits per heavy atom. The summed E-state index contributed by atoms with van der Waals surface area (Å²) in [4.78, 5) is 11.9. The summed E-state index contributed by atoms with van der Waals surface area (Å²) in [6.45, 7) is 0. The van der Waals surface area contributed by atoms with Gasteiger partial charge in [-0.15, -0.1) is 0 Å². The van der Waals surface area contributed by atoms with E-state index in [0.717, 1.165) is 51.4 Å². The van der Waals surface area contributed by atoms with Crippen molar-refractivity contribution >= 4 is 27.2 Å². The molecule has 2 aliphatic carbocycles. The number of ketones is 1. The second kappa shape index (κ2) is 12.7. The number of unbranched alkanes of at least 4 members (excludes halogenated alkanes) is 2. The van der Waals surface area contributed by atoms with Gasteiger partial charge in [-0.3, -0.25) is 8.98 Å². The minimum Gasteiger partial charge on any atom is -0.299 e. The summed E-state index contributed by atoms with van der Waals surface area (Å²) < 4.78 is 29.1. The summed E-state index contributed by atoms with van der Waals surface area (Å²) in [6.07, 6.45) is 12.3. The molecule has 0 N–H and O–H groups in total. The maximum Gasteiger partial charge on any atom is 0.267 e. The predicted molar refractivity (Wildman–Crippen MR) is 111 cm³/mol. The number of carbonyl (C=O) groups is 1. The van der Waals surface area contributed by atoms with Gasteiger partial charge in [-0.25, -0.2) is 0 Å². The van der Waals surface area contributed by atoms with Gasteiger partial charge in [0.15, 0.2) is 0 Å². The third-order valence-electron chi connectivity index (χ3n) is 5.39. The molecule has 0 saturated heterocycles. The first-order valence-electron chi connectivity index (χ1n) is 10.5. The normalized spacial score (nSPS) is 18.8. The van der Waals surface area contributed by atoms with Crippen LogP contribution in [0.15, 0.2) is 22.9 Å². The van der Waals surface area contributed by atoms with Gasteiger partial charge in [0, 0.05) is 12.3 Å². The van der Waals surface area contributed by atoms with Crippen molar-refractivity contribution in [2.45, 2.75) is 89.6 Å². The number of Topliss-reactive ketones (excluding diaryl/α,β-unsaturated/α-hetero) is 1. The molecule has 2 saturated carbocycles. The maximum absolute atomic E-state index is 11.9. The van der Waals surface area contributed by atoms with E-state index in [1.165, 1.54) is 19.3 Å². The fourth-order valence-electron chi connectivity index (χ4n) is 3.85. The van der Waals surface area contributed by atoms with Gasteiger partial charge in [0.1, 0.15) is 5.78 Å². The molecule has 0 radical (unpaired) electrons. The summed E-state index contributed by atoms with van der Waals surface area (Å²) >= 11 is 1.71. The van der Waals surface area contributed by atoms with Crippen LogP contribution >= 0.6 is 11.3 Å². The topological polar surface area (TPSA) is 60.4 Å². The second-order valence-electron chi connectivity index (χ2n) is 7.67. The molecule has 1 aromatic rings. The van der Waals surface area contributed by atoms with Crippen LogP contribution in [-0.2, 0) is 19.1 Å². The van der Waals surface area contributed by atoms with Gasteiger partial charge in [-0.05, 0) is 49.3 Å². The molecule has 0 aliphatic heterocycles. The molecule has 1 aromatic heterocycles. The monoisotopic (exact) mass is 414 g/mol. The van der Waals surface area contributed by atoms with Crippen LogP contribution in [0.25, 0.3) is 0 Å². The molecule has 0 aromatic carbocycles. The number of hydrogen-bond donors (Lipinski definition) is 0. The highest BCUT2D eigenvalue weighted by Crippen LogP contribution is 2.27. The third-order valence-corrected chi connectivity index (χ3v) is 7.37. The first-order chi connectivity index (χ1) is 13.1. The Morgan fingerprint density at radius 2 is 1.52 bits per heavy atom. The zero-order valence-electron chi connectivity index (χ0n) is 16.3. The Balaban J connectivity index is 0.000000451. The Morgan fingerprint density at radius 3 is 2.11 bits per heavy atom. The van der Waals surface area contributed by atoms with Crippen molar-refractivity contribution in [3.05, 3.63) is 22.9 Å². The van der Waals surface area contributed by atoms with E-state index >= 15 is 0 Å². The lowest BCUT2D eigenvalue weighted by Gasteiger charge is -2.21. The second-order valence-corrected chi connectivity index (χ2v) is 10.2. The van der Waals surface area contributed by atoms with Gasteiger partial charge in [0.05, 0.1) is 11.9 Å². The molecular weight excluding hydrogens is 380 g/mol. The summed E-state index contributed by atoms with van der Waals surface area (Å²) in [5.74, 6) is 0.776. The number of rotatable bonds is 9. The first kappa shape index (κ1) is 22.6. The lowest BCUT2D eigenvalue weighted by atomic mass is 9.98. The van der Waals surface area contributed by atoms with Gasteiger partial charge in [-0.2, -0.15) is 19.8 Å². The molecule has 3 rings (SSSR count). The van der Waals surface area contributed by atoms with Crippen molar-refractivity contribution in [2.75, 3.05) is 5.75 Å². The van der Waals surface area contributed by atoms with Gasteiger partial charge in [0.25, 0.3) is 10.1 Å². The number of hydrogen-bond acceptors (Lipinski definition) is 5. The fraction of sp³-hybridized carbons (Fsp3) is 0.762. The van der Waals surface area contributed by atoms with Crippen LogP contribution < -0.4 is 0 Å². The molecule has 0 unspecified atom stereocenters. The minimum atomic E-state index is -3.38. The van der Waals surface area contributed by atoms with Crippen LogP contribution in [0.4, 0.5) is 0 Å². The van der Waals surface area contributed by atoms with Gasteiger partial charge >= 0.3 is 0 Å². The first-order valence-corrected chi connectivity index (χ1v) is 13.0. The Labute approximate surface area is 168 Å². The Hall–Kier alpha value is -0.720. The van der Waals surface area contributed by atoms with Crippen LogP contribution in [0.3, 0.4) is 0 Å². The zero-order valence-corrected chi connectivity index (χ0v) is 17.9. The van der Waals surface area contributed by atoms with Crippen LogP contribution in [0.1, 0.15) is 83.5 Å². The molecule has 0 amide bonds. The minimum absolute atomic E-state index is 0.0947. The van der Waals surface area contributed by atoms with E-state index in [1.807, 2.05) is 22.9 Å². The Kier molecular flexibility index (Phi) is 10.6. The molecule has 2 fully saturated rings. The average Bonchev–Trinajstić information content (AvgIpc) is 3.38. The third kappa shape index (κ3) is 9.86. The maximum atomic E-state index is 11.9. The summed E-state index contributed by atoms with van der Waals surface area (Å²) in [6, 6.07) is 4.04. The largest absolute Gasteiger partial charge is 0.299 e. The van der Waals surface area contributed by atoms with Crippen LogP contribution in [-0.4, -0.2) is 26.1 Å². The number of carbonyl (C=O) groups excluding carboxylic acids is 1. The van der Waals surface area contributed by atoms with Crippen LogP contribution in [0, 0.1) is 5.92 Å². The summed E-state index contributed by atoms with van der Waals surface area (Å²) in [5, 5.41) is 4.08. The lowest BCUT2D eigenvalue weighted by Crippen LogP contribution is -2.22. The quantitative estimate of drug-likeness (QED) is 0.382. The zero-order chi connectivity index (χ0) is 19.4. The van der Waals surface area contributed by atoms with Gasteiger partial charge in [-0.1, -0.05) is 50.7 Å². The molecule has 0 spiro atoms. The van der Waals surface area contributed by atoms with E-state index in [2.05, 4.69) is 0 Å². The molecular formula is C21H34O4S2. The van der Waals surface area contributed by atoms with E-state index in [-0.39, 0.29) is 11.9 Å². The SMILES string of the molecule is O=C(CCCCCS(=O)(=O)OC1CCCCC1)C1CCCC1.c1ccsc1. The molecule has 0 bridgehead atoms. The van der Waals surface area contributed by atoms with Crippen LogP contribution in [0.2, 0.25) is 0 Å². The van der Waals surface area contributed by atoms with E-state index in [0.29, 0.717) is 24.5 Å². The van der Waals surface area contributed by atoms with E-state index < -0.39 is 10.1 Å². The van der Waals surface area contributed by atoms with Gasteiger partial charge in [0.2, 0.25) is 0 Å². The van der Waals surface area contributed by atoms with E-state index in [4.69, 9.17) is 4.18 Å². The highest BCUT2D eigenvalue weighted by Gasteiger charge is 2.23. The van der Waals surface area contributed by atoms with Crippen molar-refractivity contribution in [1.29, 1.82) is 0 Å². The smallest absolute Gasteiger partial charge is 0.267 e. The summed E-state index contributed by atoms with van der Waals surface area (Å²) in [7, 11) is -3.38. The highest BCUT2D eigenvalue weighted by atomic mass is 32.2. The molecule has 2 aliphatic rings. The van der Waals surface area contributed by atoms with E-state index in [1.54, 1.807) is 11.3 Å². The van der Waals surface area contributed by atoms with Crippen molar-refractivity contribution in [3.8, 4) is 0 Å². The molecule has 27 heavy (non-hydrogen) atoms. The predicted octanol–water partition coefficient (Wildman–Crippen LogP) is 5.73. The molecule has 6 heteroatoms. The lowest BCUT2D eigenvalue weighted by molar-refractivity contribution is -0.122. The van der Waals surface area contributed by atoms with Crippen molar-refractivity contribution in [3.63, 3.8) is 0 Å². The van der Waals surface area contributed by atoms with Crippen molar-refractivity contribution < 1.29 is 17.4 Å².